The van der Waals surface area contributed by atoms with Crippen LogP contribution in [0.2, 0.25) is 0 Å². The number of hydrogen-bond donors (Lipinski definition) is 1. The molecule has 0 aliphatic rings. The van der Waals surface area contributed by atoms with Crippen LogP contribution in [-0.2, 0) is 0 Å². The van der Waals surface area contributed by atoms with E-state index in [9.17, 15) is 14.9 Å². The van der Waals surface area contributed by atoms with Gasteiger partial charge in [0.25, 0.3) is 5.69 Å². The number of furan rings is 1. The minimum Gasteiger partial charge on any atom is -0.455 e. The summed E-state index contributed by atoms with van der Waals surface area (Å²) in [5.74, 6) is 1.55. The van der Waals surface area contributed by atoms with Crippen molar-refractivity contribution in [2.45, 2.75) is 6.92 Å². The van der Waals surface area contributed by atoms with Gasteiger partial charge in [0, 0.05) is 17.2 Å². The number of hydrazone groups is 1. The molecule has 0 saturated heterocycles. The summed E-state index contributed by atoms with van der Waals surface area (Å²) in [5.41, 5.74) is 4.06. The van der Waals surface area contributed by atoms with Gasteiger partial charge in [-0.3, -0.25) is 20.3 Å². The zero-order chi connectivity index (χ0) is 18.5. The fourth-order valence-electron chi connectivity index (χ4n) is 2.17. The molecule has 1 aromatic carbocycles. The van der Waals surface area contributed by atoms with Crippen molar-refractivity contribution < 1.29 is 14.1 Å². The number of carbonyl (C=O) groups is 1. The third-order valence-electron chi connectivity index (χ3n) is 3.53. The molecule has 8 nitrogen and oxygen atoms in total. The molecule has 0 saturated carbocycles. The summed E-state index contributed by atoms with van der Waals surface area (Å²) in [5, 5.41) is 14.6. The Morgan fingerprint density at radius 2 is 1.96 bits per heavy atom. The Balaban J connectivity index is 1.65. The summed E-state index contributed by atoms with van der Waals surface area (Å²) < 4.78 is 5.67. The smallest absolute Gasteiger partial charge is 0.287 e. The highest BCUT2D eigenvalue weighted by Crippen LogP contribution is 2.22. The van der Waals surface area contributed by atoms with E-state index in [0.29, 0.717) is 22.9 Å². The van der Waals surface area contributed by atoms with E-state index in [4.69, 9.17) is 4.42 Å². The first-order chi connectivity index (χ1) is 12.5. The normalized spacial score (nSPS) is 10.8. The number of hydrogen-bond acceptors (Lipinski definition) is 7. The van der Waals surface area contributed by atoms with Gasteiger partial charge in [0.1, 0.15) is 23.5 Å². The van der Waals surface area contributed by atoms with Crippen molar-refractivity contribution >= 4 is 23.5 Å². The van der Waals surface area contributed by atoms with Gasteiger partial charge in [0.2, 0.25) is 0 Å². The maximum absolute atomic E-state index is 11.3. The molecule has 1 N–H and O–H groups in total. The Labute approximate surface area is 148 Å². The second-order valence-electron chi connectivity index (χ2n) is 5.36. The number of anilines is 1. The predicted molar refractivity (Wildman–Crippen MR) is 96.3 cm³/mol. The van der Waals surface area contributed by atoms with Gasteiger partial charge >= 0.3 is 0 Å². The lowest BCUT2D eigenvalue weighted by Crippen LogP contribution is -1.94. The van der Waals surface area contributed by atoms with Gasteiger partial charge in [-0.25, -0.2) is 4.98 Å². The fourth-order valence-corrected chi connectivity index (χ4v) is 2.17. The van der Waals surface area contributed by atoms with Crippen LogP contribution in [0.15, 0.2) is 64.2 Å². The molecule has 0 radical (unpaired) electrons. The molecule has 130 valence electrons. The number of ketones is 1. The second-order valence-corrected chi connectivity index (χ2v) is 5.36. The van der Waals surface area contributed by atoms with Crippen LogP contribution in [0.5, 0.6) is 0 Å². The first-order valence-electron chi connectivity index (χ1n) is 7.63. The average Bonchev–Trinajstić information content (AvgIpc) is 3.11. The number of nitrogens with zero attached hydrogens (tertiary/aromatic N) is 3. The van der Waals surface area contributed by atoms with Gasteiger partial charge in [-0.15, -0.1) is 0 Å². The molecule has 3 rings (SSSR count). The fraction of sp³-hybridized carbons (Fsp3) is 0.0556. The predicted octanol–water partition coefficient (Wildman–Crippen LogP) is 3.90. The summed E-state index contributed by atoms with van der Waals surface area (Å²) in [6.07, 6.45) is 2.62. The van der Waals surface area contributed by atoms with Crippen LogP contribution in [0, 0.1) is 10.1 Å². The Kier molecular flexibility index (Phi) is 4.84. The molecular weight excluding hydrogens is 336 g/mol. The molecule has 0 amide bonds. The van der Waals surface area contributed by atoms with Crippen LogP contribution in [0.3, 0.4) is 0 Å². The Bertz CT molecular complexity index is 960. The van der Waals surface area contributed by atoms with Crippen LogP contribution >= 0.6 is 0 Å². The molecule has 3 aromatic rings. The molecule has 26 heavy (non-hydrogen) atoms. The Morgan fingerprint density at radius 1 is 1.19 bits per heavy atom. The van der Waals surface area contributed by atoms with Crippen LogP contribution in [0.25, 0.3) is 11.3 Å². The molecule has 2 aromatic heterocycles. The van der Waals surface area contributed by atoms with Crippen molar-refractivity contribution in [1.82, 2.24) is 4.98 Å². The molecule has 0 fully saturated rings. The lowest BCUT2D eigenvalue weighted by molar-refractivity contribution is -0.385. The zero-order valence-corrected chi connectivity index (χ0v) is 13.7. The number of rotatable bonds is 6. The topological polar surface area (TPSA) is 111 Å². The summed E-state index contributed by atoms with van der Waals surface area (Å²) >= 11 is 0. The van der Waals surface area contributed by atoms with Gasteiger partial charge < -0.3 is 4.42 Å². The summed E-state index contributed by atoms with van der Waals surface area (Å²) in [7, 11) is 0. The number of carbonyl (C=O) groups excluding carboxylic acids is 1. The van der Waals surface area contributed by atoms with E-state index < -0.39 is 4.92 Å². The standard InChI is InChI=1S/C18H14N4O4/c1-12(23)13-2-4-14(5-3-13)17-8-7-16(26-17)11-20-21-18-9-6-15(10-19-18)22(24)25/h2-11H,1H3,(H,19,21)/b20-11+. The van der Waals surface area contributed by atoms with E-state index in [1.165, 1.54) is 25.3 Å². The summed E-state index contributed by atoms with van der Waals surface area (Å²) in [4.78, 5) is 25.2. The average molecular weight is 350 g/mol. The quantitative estimate of drug-likeness (QED) is 0.312. The third kappa shape index (κ3) is 3.99. The van der Waals surface area contributed by atoms with Crippen LogP contribution in [0.4, 0.5) is 11.5 Å². The van der Waals surface area contributed by atoms with Crippen molar-refractivity contribution in [3.63, 3.8) is 0 Å². The first kappa shape index (κ1) is 17.0. The van der Waals surface area contributed by atoms with Gasteiger partial charge in [0.05, 0.1) is 11.1 Å². The van der Waals surface area contributed by atoms with Gasteiger partial charge in [0.15, 0.2) is 5.78 Å². The molecular formula is C18H14N4O4. The summed E-state index contributed by atoms with van der Waals surface area (Å²) in [6, 6.07) is 13.5. The number of nitro groups is 1. The molecule has 0 unspecified atom stereocenters. The molecule has 0 aliphatic carbocycles. The minimum absolute atomic E-state index is 0.00902. The highest BCUT2D eigenvalue weighted by atomic mass is 16.6. The number of pyridine rings is 1. The SMILES string of the molecule is CC(=O)c1ccc(-c2ccc(/C=N/Nc3ccc([N+](=O)[O-])cn3)o2)cc1. The van der Waals surface area contributed by atoms with E-state index in [1.807, 2.05) is 12.1 Å². The molecule has 0 bridgehead atoms. The Morgan fingerprint density at radius 3 is 2.58 bits per heavy atom. The van der Waals surface area contributed by atoms with Crippen LogP contribution < -0.4 is 5.43 Å². The number of benzene rings is 1. The molecule has 0 spiro atoms. The van der Waals surface area contributed by atoms with Crippen molar-refractivity contribution in [3.8, 4) is 11.3 Å². The number of aromatic nitrogens is 1. The van der Waals surface area contributed by atoms with Gasteiger partial charge in [-0.1, -0.05) is 24.3 Å². The highest BCUT2D eigenvalue weighted by molar-refractivity contribution is 5.94. The van der Waals surface area contributed by atoms with Crippen LogP contribution in [0.1, 0.15) is 23.0 Å². The van der Waals surface area contributed by atoms with Crippen molar-refractivity contribution in [2.75, 3.05) is 5.43 Å². The number of nitrogens with one attached hydrogen (secondary N) is 1. The van der Waals surface area contributed by atoms with E-state index in [0.717, 1.165) is 11.8 Å². The van der Waals surface area contributed by atoms with Crippen LogP contribution in [-0.4, -0.2) is 21.9 Å². The van der Waals surface area contributed by atoms with Crippen molar-refractivity contribution in [3.05, 3.63) is 76.2 Å². The third-order valence-corrected chi connectivity index (χ3v) is 3.53. The lowest BCUT2D eigenvalue weighted by Gasteiger charge is -1.99. The van der Waals surface area contributed by atoms with E-state index in [2.05, 4.69) is 15.5 Å². The first-order valence-corrected chi connectivity index (χ1v) is 7.63. The summed E-state index contributed by atoms with van der Waals surface area (Å²) in [6.45, 7) is 1.52. The highest BCUT2D eigenvalue weighted by Gasteiger charge is 2.06. The van der Waals surface area contributed by atoms with E-state index in [1.54, 1.807) is 24.3 Å². The zero-order valence-electron chi connectivity index (χ0n) is 13.7. The molecule has 0 aliphatic heterocycles. The lowest BCUT2D eigenvalue weighted by atomic mass is 10.1. The molecule has 0 atom stereocenters. The minimum atomic E-state index is -0.520. The van der Waals surface area contributed by atoms with Crippen molar-refractivity contribution in [2.24, 2.45) is 5.10 Å². The molecule has 2 heterocycles. The largest absolute Gasteiger partial charge is 0.455 e. The van der Waals surface area contributed by atoms with Crippen molar-refractivity contribution in [1.29, 1.82) is 0 Å². The van der Waals surface area contributed by atoms with E-state index >= 15 is 0 Å². The number of Topliss-reactive ketones (excluding diaryl/α,β-unsaturated/α-hetero) is 1. The Hall–Kier alpha value is -3.81. The second kappa shape index (κ2) is 7.39. The molecule has 8 heteroatoms. The van der Waals surface area contributed by atoms with E-state index in [-0.39, 0.29) is 11.5 Å². The monoisotopic (exact) mass is 350 g/mol. The van der Waals surface area contributed by atoms with Gasteiger partial charge in [-0.2, -0.15) is 5.10 Å². The maximum Gasteiger partial charge on any atom is 0.287 e. The van der Waals surface area contributed by atoms with Gasteiger partial charge in [-0.05, 0) is 25.1 Å². The maximum atomic E-state index is 11.3.